The maximum Gasteiger partial charge on any atom is 0.231 e. The summed E-state index contributed by atoms with van der Waals surface area (Å²) in [6.45, 7) is 1.82. The van der Waals surface area contributed by atoms with E-state index in [2.05, 4.69) is 10.3 Å². The monoisotopic (exact) mass is 435 g/mol. The second-order valence-electron chi connectivity index (χ2n) is 5.99. The van der Waals surface area contributed by atoms with E-state index >= 15 is 0 Å². The molecule has 3 rings (SSSR count). The number of amides is 2. The number of hydrogen-bond donors (Lipinski definition) is 2. The number of benzene rings is 1. The second-order valence-corrected chi connectivity index (χ2v) is 9.27. The average Bonchev–Trinajstić information content (AvgIpc) is 3.29. The summed E-state index contributed by atoms with van der Waals surface area (Å²) in [4.78, 5) is 29.8. The van der Waals surface area contributed by atoms with Crippen molar-refractivity contribution in [3.05, 3.63) is 68.6 Å². The van der Waals surface area contributed by atoms with E-state index in [9.17, 15) is 14.0 Å². The Hall–Kier alpha value is -2.23. The zero-order chi connectivity index (χ0) is 20.1. The van der Waals surface area contributed by atoms with Crippen LogP contribution in [0.15, 0.2) is 46.1 Å². The summed E-state index contributed by atoms with van der Waals surface area (Å²) in [6.07, 6.45) is 0.154. The molecule has 0 radical (unpaired) electrons. The molecule has 146 valence electrons. The van der Waals surface area contributed by atoms with Crippen molar-refractivity contribution in [1.82, 2.24) is 10.3 Å². The molecule has 3 aromatic rings. The number of hydrogen-bond acceptors (Lipinski definition) is 6. The largest absolute Gasteiger partial charge is 0.369 e. The number of thiophene rings is 1. The molecule has 2 amide bonds. The second kappa shape index (κ2) is 9.31. The maximum atomic E-state index is 13.3. The van der Waals surface area contributed by atoms with Gasteiger partial charge in [0.25, 0.3) is 0 Å². The highest BCUT2D eigenvalue weighted by molar-refractivity contribution is 8.01. The Balaban J connectivity index is 1.66. The van der Waals surface area contributed by atoms with Gasteiger partial charge in [0.1, 0.15) is 5.82 Å². The predicted octanol–water partition coefficient (Wildman–Crippen LogP) is 3.68. The lowest BCUT2D eigenvalue weighted by Crippen LogP contribution is -2.30. The number of primary amides is 1. The Kier molecular flexibility index (Phi) is 6.82. The number of thiazole rings is 1. The topological polar surface area (TPSA) is 85.1 Å². The van der Waals surface area contributed by atoms with Crippen molar-refractivity contribution in [3.8, 4) is 0 Å². The number of aryl methyl sites for hydroxylation is 1. The zero-order valence-electron chi connectivity index (χ0n) is 15.0. The highest BCUT2D eigenvalue weighted by atomic mass is 32.2. The number of rotatable bonds is 8. The summed E-state index contributed by atoms with van der Waals surface area (Å²) in [7, 11) is 0. The van der Waals surface area contributed by atoms with E-state index < -0.39 is 5.91 Å². The first-order valence-electron chi connectivity index (χ1n) is 8.38. The van der Waals surface area contributed by atoms with Crippen molar-refractivity contribution in [3.63, 3.8) is 0 Å². The van der Waals surface area contributed by atoms with Crippen molar-refractivity contribution in [1.29, 1.82) is 0 Å². The van der Waals surface area contributed by atoms with Crippen LogP contribution in [0.1, 0.15) is 27.1 Å². The first kappa shape index (κ1) is 20.5. The van der Waals surface area contributed by atoms with Crippen LogP contribution in [0.3, 0.4) is 0 Å². The molecule has 5 nitrogen and oxygen atoms in total. The van der Waals surface area contributed by atoms with Gasteiger partial charge in [-0.3, -0.25) is 9.59 Å². The predicted molar refractivity (Wildman–Crippen MR) is 111 cm³/mol. The fraction of sp³-hybridized carbons (Fsp3) is 0.211. The van der Waals surface area contributed by atoms with E-state index in [1.165, 1.54) is 46.6 Å². The van der Waals surface area contributed by atoms with Gasteiger partial charge in [0, 0.05) is 9.75 Å². The number of aromatic nitrogens is 1. The molecule has 0 fully saturated rings. The van der Waals surface area contributed by atoms with Crippen molar-refractivity contribution < 1.29 is 14.0 Å². The minimum Gasteiger partial charge on any atom is -0.369 e. The molecular formula is C19H18FN3O2S3. The molecule has 1 unspecified atom stereocenters. The van der Waals surface area contributed by atoms with Crippen LogP contribution in [0, 0.1) is 12.7 Å². The lowest BCUT2D eigenvalue weighted by Gasteiger charge is -2.18. The Labute approximate surface area is 174 Å². The number of nitrogens with two attached hydrogens (primary N) is 1. The first-order valence-corrected chi connectivity index (χ1v) is 11.1. The van der Waals surface area contributed by atoms with E-state index in [0.717, 1.165) is 25.4 Å². The number of thioether (sulfide) groups is 1. The highest BCUT2D eigenvalue weighted by Gasteiger charge is 2.19. The molecule has 28 heavy (non-hydrogen) atoms. The molecular weight excluding hydrogens is 417 g/mol. The van der Waals surface area contributed by atoms with E-state index in [1.807, 2.05) is 24.4 Å². The minimum absolute atomic E-state index is 0.154. The molecule has 0 saturated heterocycles. The van der Waals surface area contributed by atoms with E-state index in [0.29, 0.717) is 0 Å². The van der Waals surface area contributed by atoms with Gasteiger partial charge in [0.15, 0.2) is 4.34 Å². The molecule has 0 spiro atoms. The number of nitrogens with zero attached hydrogens (tertiary/aromatic N) is 1. The van der Waals surface area contributed by atoms with Crippen molar-refractivity contribution in [2.45, 2.75) is 23.7 Å². The van der Waals surface area contributed by atoms with Gasteiger partial charge in [-0.1, -0.05) is 30.0 Å². The number of carbonyl (C=O) groups excluding carboxylic acids is 2. The molecule has 2 aromatic heterocycles. The molecule has 9 heteroatoms. The Morgan fingerprint density at radius 3 is 2.68 bits per heavy atom. The van der Waals surface area contributed by atoms with E-state index in [-0.39, 0.29) is 29.9 Å². The summed E-state index contributed by atoms with van der Waals surface area (Å²) < 4.78 is 14.0. The number of halogens is 1. The van der Waals surface area contributed by atoms with Gasteiger partial charge in [-0.15, -0.1) is 22.7 Å². The molecule has 0 aliphatic rings. The molecule has 0 bridgehead atoms. The van der Waals surface area contributed by atoms with Crippen LogP contribution in [0.2, 0.25) is 0 Å². The van der Waals surface area contributed by atoms with Crippen LogP contribution in [-0.2, 0) is 16.0 Å². The van der Waals surface area contributed by atoms with E-state index in [1.54, 1.807) is 12.1 Å². The summed E-state index contributed by atoms with van der Waals surface area (Å²) in [5.74, 6) is -0.691. The number of nitrogens with one attached hydrogen (secondary N) is 1. The van der Waals surface area contributed by atoms with Crippen LogP contribution in [0.5, 0.6) is 0 Å². The first-order chi connectivity index (χ1) is 13.4. The van der Waals surface area contributed by atoms with Gasteiger partial charge in [0.05, 0.1) is 23.9 Å². The van der Waals surface area contributed by atoms with Crippen LogP contribution in [0.25, 0.3) is 0 Å². The fourth-order valence-corrected chi connectivity index (χ4v) is 5.40. The summed E-state index contributed by atoms with van der Waals surface area (Å²) in [5, 5.41) is 4.95. The molecule has 0 aliphatic carbocycles. The van der Waals surface area contributed by atoms with Crippen molar-refractivity contribution in [2.24, 2.45) is 5.73 Å². The molecule has 1 aromatic carbocycles. The fourth-order valence-electron chi connectivity index (χ4n) is 2.54. The zero-order valence-corrected chi connectivity index (χ0v) is 17.4. The van der Waals surface area contributed by atoms with Crippen molar-refractivity contribution >= 4 is 46.2 Å². The van der Waals surface area contributed by atoms with Crippen LogP contribution in [0.4, 0.5) is 4.39 Å². The highest BCUT2D eigenvalue weighted by Crippen LogP contribution is 2.29. The third-order valence-corrected chi connectivity index (χ3v) is 7.11. The van der Waals surface area contributed by atoms with Gasteiger partial charge in [-0.25, -0.2) is 9.37 Å². The van der Waals surface area contributed by atoms with Gasteiger partial charge in [-0.05, 0) is 36.1 Å². The van der Waals surface area contributed by atoms with Crippen molar-refractivity contribution in [2.75, 3.05) is 5.75 Å². The lowest BCUT2D eigenvalue weighted by molar-refractivity contribution is -0.119. The maximum absolute atomic E-state index is 13.3. The minimum atomic E-state index is -0.404. The molecule has 3 N–H and O–H groups in total. The van der Waals surface area contributed by atoms with Gasteiger partial charge in [-0.2, -0.15) is 0 Å². The van der Waals surface area contributed by atoms with Crippen LogP contribution in [-0.4, -0.2) is 22.6 Å². The summed E-state index contributed by atoms with van der Waals surface area (Å²) >= 11 is 4.22. The van der Waals surface area contributed by atoms with Crippen LogP contribution >= 0.6 is 34.4 Å². The molecule has 2 heterocycles. The Morgan fingerprint density at radius 1 is 1.29 bits per heavy atom. The normalized spacial score (nSPS) is 11.9. The average molecular weight is 436 g/mol. The third kappa shape index (κ3) is 5.40. The Bertz CT molecular complexity index is 955. The van der Waals surface area contributed by atoms with Gasteiger partial charge in [0.2, 0.25) is 11.8 Å². The van der Waals surface area contributed by atoms with Crippen LogP contribution < -0.4 is 11.1 Å². The SMILES string of the molecule is Cc1nc(SCC(=O)NC(c2ccc(F)cc2)c2cccs2)sc1CC(N)=O. The third-order valence-electron chi connectivity index (χ3n) is 3.87. The lowest BCUT2D eigenvalue weighted by atomic mass is 10.1. The van der Waals surface area contributed by atoms with Gasteiger partial charge < -0.3 is 11.1 Å². The smallest absolute Gasteiger partial charge is 0.231 e. The molecule has 0 aliphatic heterocycles. The quantitative estimate of drug-likeness (QED) is 0.529. The Morgan fingerprint density at radius 2 is 2.04 bits per heavy atom. The van der Waals surface area contributed by atoms with Gasteiger partial charge >= 0.3 is 0 Å². The van der Waals surface area contributed by atoms with E-state index in [4.69, 9.17) is 5.73 Å². The number of carbonyl (C=O) groups is 2. The summed E-state index contributed by atoms with van der Waals surface area (Å²) in [6, 6.07) is 9.63. The molecule has 1 atom stereocenters. The molecule has 0 saturated carbocycles. The standard InChI is InChI=1S/C19H18FN3O2S3/c1-11-15(9-16(21)24)28-19(22-11)27-10-17(25)23-18(14-3-2-8-26-14)12-4-6-13(20)7-5-12/h2-8,18H,9-10H2,1H3,(H2,21,24)(H,23,25). The summed E-state index contributed by atoms with van der Waals surface area (Å²) in [5.41, 5.74) is 6.81.